The van der Waals surface area contributed by atoms with E-state index in [2.05, 4.69) is 52.0 Å². The lowest BCUT2D eigenvalue weighted by molar-refractivity contribution is 0.898. The van der Waals surface area contributed by atoms with Crippen molar-refractivity contribution in [3.05, 3.63) is 41.0 Å². The quantitative estimate of drug-likeness (QED) is 0.714. The summed E-state index contributed by atoms with van der Waals surface area (Å²) in [6.45, 7) is 2.21. The van der Waals surface area contributed by atoms with E-state index in [4.69, 9.17) is 11.6 Å². The largest absolute Gasteiger partial charge is 0.366 e. The van der Waals surface area contributed by atoms with Crippen LogP contribution in [0.1, 0.15) is 37.0 Å². The van der Waals surface area contributed by atoms with Crippen LogP contribution in [0.25, 0.3) is 0 Å². The molecule has 4 nitrogen and oxygen atoms in total. The van der Waals surface area contributed by atoms with Crippen LogP contribution in [0, 0.1) is 0 Å². The smallest absolute Gasteiger partial charge is 0.229 e. The van der Waals surface area contributed by atoms with Crippen LogP contribution in [0.4, 0.5) is 17.5 Å². The standard InChI is InChI=1S/C17H21ClN4S/c1-3-15(23-2)11-5-4-6-13(9-11)21-17-19-10-14(18)16(22-17)20-12-7-8-12/h4-6,9-10,12,15H,3,7-8H2,1-2H3,(H2,19,20,21,22). The third-order valence-electron chi connectivity index (χ3n) is 3.83. The summed E-state index contributed by atoms with van der Waals surface area (Å²) < 4.78 is 0. The highest BCUT2D eigenvalue weighted by Gasteiger charge is 2.22. The van der Waals surface area contributed by atoms with Gasteiger partial charge in [0.1, 0.15) is 5.02 Å². The van der Waals surface area contributed by atoms with Gasteiger partial charge in [-0.2, -0.15) is 16.7 Å². The van der Waals surface area contributed by atoms with Crippen LogP contribution in [0.15, 0.2) is 30.5 Å². The van der Waals surface area contributed by atoms with E-state index in [0.717, 1.165) is 12.1 Å². The fourth-order valence-electron chi connectivity index (χ4n) is 2.43. The molecule has 6 heteroatoms. The Labute approximate surface area is 146 Å². The minimum Gasteiger partial charge on any atom is -0.366 e. The Hall–Kier alpha value is -1.46. The number of hydrogen-bond acceptors (Lipinski definition) is 5. The van der Waals surface area contributed by atoms with E-state index in [-0.39, 0.29) is 0 Å². The minimum absolute atomic E-state index is 0.505. The van der Waals surface area contributed by atoms with Gasteiger partial charge in [-0.05, 0) is 43.2 Å². The van der Waals surface area contributed by atoms with Crippen molar-refractivity contribution in [3.8, 4) is 0 Å². The zero-order chi connectivity index (χ0) is 16.2. The van der Waals surface area contributed by atoms with E-state index in [9.17, 15) is 0 Å². The molecule has 0 spiro atoms. The van der Waals surface area contributed by atoms with Gasteiger partial charge < -0.3 is 10.6 Å². The van der Waals surface area contributed by atoms with Crippen molar-refractivity contribution in [2.24, 2.45) is 0 Å². The Morgan fingerprint density at radius 3 is 2.91 bits per heavy atom. The monoisotopic (exact) mass is 348 g/mol. The summed E-state index contributed by atoms with van der Waals surface area (Å²) in [4.78, 5) is 8.77. The van der Waals surface area contributed by atoms with Gasteiger partial charge in [-0.25, -0.2) is 4.98 Å². The molecule has 1 aromatic carbocycles. The molecule has 1 atom stereocenters. The molecule has 1 saturated carbocycles. The van der Waals surface area contributed by atoms with E-state index < -0.39 is 0 Å². The highest BCUT2D eigenvalue weighted by atomic mass is 35.5. The number of aromatic nitrogens is 2. The molecular formula is C17H21ClN4S. The van der Waals surface area contributed by atoms with Crippen LogP contribution in [0.5, 0.6) is 0 Å². The predicted molar refractivity (Wildman–Crippen MR) is 100.0 cm³/mol. The van der Waals surface area contributed by atoms with Crippen molar-refractivity contribution < 1.29 is 0 Å². The number of nitrogens with zero attached hydrogens (tertiary/aromatic N) is 2. The van der Waals surface area contributed by atoms with Crippen LogP contribution in [0.2, 0.25) is 5.02 Å². The predicted octanol–water partition coefficient (Wildman–Crippen LogP) is 5.26. The number of nitrogens with one attached hydrogen (secondary N) is 2. The van der Waals surface area contributed by atoms with Gasteiger partial charge in [0.05, 0.1) is 6.20 Å². The Morgan fingerprint density at radius 2 is 2.22 bits per heavy atom. The molecule has 0 amide bonds. The Morgan fingerprint density at radius 1 is 1.39 bits per heavy atom. The first-order valence-corrected chi connectivity index (χ1v) is 9.55. The van der Waals surface area contributed by atoms with E-state index in [1.165, 1.54) is 18.4 Å². The molecule has 2 N–H and O–H groups in total. The maximum atomic E-state index is 6.16. The third-order valence-corrected chi connectivity index (χ3v) is 5.28. The average Bonchev–Trinajstić information content (AvgIpc) is 3.36. The number of anilines is 3. The molecule has 1 unspecified atom stereocenters. The molecule has 2 aromatic rings. The number of halogens is 1. The third kappa shape index (κ3) is 4.30. The van der Waals surface area contributed by atoms with Gasteiger partial charge in [0, 0.05) is 17.0 Å². The van der Waals surface area contributed by atoms with Crippen molar-refractivity contribution in [1.29, 1.82) is 0 Å². The van der Waals surface area contributed by atoms with Gasteiger partial charge in [0.25, 0.3) is 0 Å². The molecule has 0 bridgehead atoms. The van der Waals surface area contributed by atoms with Gasteiger partial charge in [-0.3, -0.25) is 0 Å². The van der Waals surface area contributed by atoms with Crippen LogP contribution in [0.3, 0.4) is 0 Å². The van der Waals surface area contributed by atoms with Crippen molar-refractivity contribution in [2.75, 3.05) is 16.9 Å². The van der Waals surface area contributed by atoms with Crippen LogP contribution in [-0.2, 0) is 0 Å². The fraction of sp³-hybridized carbons (Fsp3) is 0.412. The SMILES string of the molecule is CCC(SC)c1cccc(Nc2ncc(Cl)c(NC3CC3)n2)c1. The molecule has 3 rings (SSSR count). The van der Waals surface area contributed by atoms with Crippen LogP contribution < -0.4 is 10.6 Å². The van der Waals surface area contributed by atoms with Crippen molar-refractivity contribution >= 4 is 40.8 Å². The highest BCUT2D eigenvalue weighted by Crippen LogP contribution is 2.32. The van der Waals surface area contributed by atoms with Gasteiger partial charge >= 0.3 is 0 Å². The molecule has 1 aromatic heterocycles. The Bertz CT molecular complexity index is 671. The van der Waals surface area contributed by atoms with E-state index in [1.54, 1.807) is 6.20 Å². The van der Waals surface area contributed by atoms with Crippen LogP contribution >= 0.6 is 23.4 Å². The lowest BCUT2D eigenvalue weighted by Crippen LogP contribution is -2.06. The Balaban J connectivity index is 1.77. The molecule has 0 saturated heterocycles. The number of hydrogen-bond donors (Lipinski definition) is 2. The summed E-state index contributed by atoms with van der Waals surface area (Å²) in [5.74, 6) is 1.27. The van der Waals surface area contributed by atoms with Crippen molar-refractivity contribution in [2.45, 2.75) is 37.5 Å². The van der Waals surface area contributed by atoms with E-state index >= 15 is 0 Å². The van der Waals surface area contributed by atoms with Crippen LogP contribution in [-0.4, -0.2) is 22.3 Å². The summed E-state index contributed by atoms with van der Waals surface area (Å²) in [7, 11) is 0. The van der Waals surface area contributed by atoms with E-state index in [0.29, 0.717) is 28.1 Å². The fourth-order valence-corrected chi connectivity index (χ4v) is 3.33. The van der Waals surface area contributed by atoms with Gasteiger partial charge in [-0.1, -0.05) is 30.7 Å². The maximum Gasteiger partial charge on any atom is 0.229 e. The second-order valence-corrected chi connectivity index (χ2v) is 7.14. The molecule has 0 radical (unpaired) electrons. The molecule has 1 heterocycles. The summed E-state index contributed by atoms with van der Waals surface area (Å²) in [5.41, 5.74) is 2.31. The van der Waals surface area contributed by atoms with Gasteiger partial charge in [0.2, 0.25) is 5.95 Å². The molecular weight excluding hydrogens is 328 g/mol. The van der Waals surface area contributed by atoms with Crippen molar-refractivity contribution in [1.82, 2.24) is 9.97 Å². The zero-order valence-corrected chi connectivity index (χ0v) is 14.9. The molecule has 122 valence electrons. The summed E-state index contributed by atoms with van der Waals surface area (Å²) in [6.07, 6.45) is 7.25. The first-order chi connectivity index (χ1) is 11.2. The number of benzene rings is 1. The minimum atomic E-state index is 0.505. The maximum absolute atomic E-state index is 6.16. The first kappa shape index (κ1) is 16.4. The second-order valence-electron chi connectivity index (χ2n) is 5.69. The number of thioether (sulfide) groups is 1. The molecule has 0 aliphatic heterocycles. The topological polar surface area (TPSA) is 49.8 Å². The summed E-state index contributed by atoms with van der Waals surface area (Å²) in [5, 5.41) is 7.68. The van der Waals surface area contributed by atoms with E-state index in [1.807, 2.05) is 17.8 Å². The average molecular weight is 349 g/mol. The zero-order valence-electron chi connectivity index (χ0n) is 13.3. The lowest BCUT2D eigenvalue weighted by Gasteiger charge is -2.14. The molecule has 1 aliphatic carbocycles. The first-order valence-electron chi connectivity index (χ1n) is 7.88. The number of rotatable bonds is 7. The van der Waals surface area contributed by atoms with Gasteiger partial charge in [0.15, 0.2) is 5.82 Å². The summed E-state index contributed by atoms with van der Waals surface area (Å²) in [6, 6.07) is 8.93. The normalized spacial score (nSPS) is 15.3. The second kappa shape index (κ2) is 7.41. The van der Waals surface area contributed by atoms with Crippen molar-refractivity contribution in [3.63, 3.8) is 0 Å². The highest BCUT2D eigenvalue weighted by molar-refractivity contribution is 7.98. The molecule has 1 aliphatic rings. The lowest BCUT2D eigenvalue weighted by atomic mass is 10.1. The van der Waals surface area contributed by atoms with Gasteiger partial charge in [-0.15, -0.1) is 0 Å². The Kier molecular flexibility index (Phi) is 5.28. The molecule has 1 fully saturated rings. The summed E-state index contributed by atoms with van der Waals surface area (Å²) >= 11 is 8.03. The molecule has 23 heavy (non-hydrogen) atoms.